The topological polar surface area (TPSA) is 76.7 Å². The van der Waals surface area contributed by atoms with Crippen LogP contribution in [0.25, 0.3) is 0 Å². The summed E-state index contributed by atoms with van der Waals surface area (Å²) in [5.74, 6) is 1.51. The van der Waals surface area contributed by atoms with Crippen LogP contribution in [0.1, 0.15) is 24.6 Å². The molecule has 21 heavy (non-hydrogen) atoms. The van der Waals surface area contributed by atoms with E-state index in [0.717, 1.165) is 23.4 Å². The van der Waals surface area contributed by atoms with Gasteiger partial charge in [0.2, 0.25) is 0 Å². The summed E-state index contributed by atoms with van der Waals surface area (Å²) in [6.45, 7) is 4.65. The van der Waals surface area contributed by atoms with Crippen molar-refractivity contribution in [2.24, 2.45) is 0 Å². The Morgan fingerprint density at radius 1 is 1.33 bits per heavy atom. The van der Waals surface area contributed by atoms with Crippen LogP contribution >= 0.6 is 23.4 Å². The minimum absolute atomic E-state index is 0.285. The summed E-state index contributed by atoms with van der Waals surface area (Å²) in [5, 5.41) is 4.12. The van der Waals surface area contributed by atoms with Crippen molar-refractivity contribution < 1.29 is 0 Å². The fraction of sp³-hybridized carbons (Fsp3) is 0.357. The quantitative estimate of drug-likeness (QED) is 0.481. The molecule has 0 unspecified atom stereocenters. The number of anilines is 2. The van der Waals surface area contributed by atoms with E-state index < -0.39 is 0 Å². The van der Waals surface area contributed by atoms with Crippen molar-refractivity contribution in [1.29, 1.82) is 0 Å². The molecule has 0 fully saturated rings. The van der Waals surface area contributed by atoms with Crippen molar-refractivity contribution >= 4 is 34.9 Å². The van der Waals surface area contributed by atoms with Gasteiger partial charge in [0, 0.05) is 24.2 Å². The molecule has 2 rings (SSSR count). The van der Waals surface area contributed by atoms with Crippen LogP contribution in [0, 0.1) is 6.92 Å². The van der Waals surface area contributed by atoms with Crippen LogP contribution in [0.3, 0.4) is 0 Å². The number of hydrogen-bond acceptors (Lipinski definition) is 6. The Hall–Kier alpha value is -1.53. The summed E-state index contributed by atoms with van der Waals surface area (Å²) in [5.41, 5.74) is 8.34. The first-order valence-corrected chi connectivity index (χ1v) is 8.07. The van der Waals surface area contributed by atoms with Gasteiger partial charge >= 0.3 is 0 Å². The Balaban J connectivity index is 2.10. The van der Waals surface area contributed by atoms with Crippen molar-refractivity contribution in [2.45, 2.75) is 32.0 Å². The molecule has 3 N–H and O–H groups in total. The number of nitrogens with two attached hydrogens (primary N) is 1. The zero-order valence-electron chi connectivity index (χ0n) is 12.1. The van der Waals surface area contributed by atoms with E-state index >= 15 is 0 Å². The SMILES string of the molecule is CCCSc1nc(Cl)c(N)c(NCc2ccc(C)nc2)n1. The minimum Gasteiger partial charge on any atom is -0.393 e. The number of halogens is 1. The van der Waals surface area contributed by atoms with Gasteiger partial charge in [0.15, 0.2) is 16.1 Å². The van der Waals surface area contributed by atoms with Gasteiger partial charge in [-0.05, 0) is 25.0 Å². The van der Waals surface area contributed by atoms with Crippen molar-refractivity contribution in [3.05, 3.63) is 34.7 Å². The molecule has 7 heteroatoms. The second-order valence-electron chi connectivity index (χ2n) is 4.57. The van der Waals surface area contributed by atoms with Crippen LogP contribution in [0.4, 0.5) is 11.5 Å². The number of rotatable bonds is 6. The molecule has 0 radical (unpaired) electrons. The Labute approximate surface area is 133 Å². The van der Waals surface area contributed by atoms with Crippen molar-refractivity contribution in [2.75, 3.05) is 16.8 Å². The van der Waals surface area contributed by atoms with E-state index in [-0.39, 0.29) is 5.15 Å². The number of hydrogen-bond donors (Lipinski definition) is 2. The van der Waals surface area contributed by atoms with Gasteiger partial charge in [-0.1, -0.05) is 36.4 Å². The van der Waals surface area contributed by atoms with E-state index in [2.05, 4.69) is 27.2 Å². The molecule has 0 amide bonds. The average Bonchev–Trinajstić information content (AvgIpc) is 2.48. The molecule has 0 saturated carbocycles. The van der Waals surface area contributed by atoms with Crippen LogP contribution in [-0.4, -0.2) is 20.7 Å². The van der Waals surface area contributed by atoms with Gasteiger partial charge < -0.3 is 11.1 Å². The number of pyridine rings is 1. The summed E-state index contributed by atoms with van der Waals surface area (Å²) < 4.78 is 0. The van der Waals surface area contributed by atoms with Gasteiger partial charge in [0.25, 0.3) is 0 Å². The highest BCUT2D eigenvalue weighted by atomic mass is 35.5. The predicted molar refractivity (Wildman–Crippen MR) is 88.8 cm³/mol. The van der Waals surface area contributed by atoms with Gasteiger partial charge in [0.05, 0.1) is 0 Å². The summed E-state index contributed by atoms with van der Waals surface area (Å²) in [4.78, 5) is 12.8. The highest BCUT2D eigenvalue weighted by Crippen LogP contribution is 2.27. The molecule has 0 saturated heterocycles. The first-order chi connectivity index (χ1) is 10.1. The average molecular weight is 324 g/mol. The third kappa shape index (κ3) is 4.47. The highest BCUT2D eigenvalue weighted by Gasteiger charge is 2.10. The minimum atomic E-state index is 0.285. The van der Waals surface area contributed by atoms with E-state index in [4.69, 9.17) is 17.3 Å². The highest BCUT2D eigenvalue weighted by molar-refractivity contribution is 7.99. The van der Waals surface area contributed by atoms with Crippen LogP contribution in [-0.2, 0) is 6.54 Å². The monoisotopic (exact) mass is 323 g/mol. The van der Waals surface area contributed by atoms with E-state index in [0.29, 0.717) is 23.2 Å². The Kier molecular flexibility index (Phi) is 5.64. The van der Waals surface area contributed by atoms with Gasteiger partial charge in [-0.25, -0.2) is 9.97 Å². The fourth-order valence-electron chi connectivity index (χ4n) is 1.60. The molecule has 0 aliphatic rings. The summed E-state index contributed by atoms with van der Waals surface area (Å²) in [7, 11) is 0. The van der Waals surface area contributed by atoms with Crippen LogP contribution in [0.15, 0.2) is 23.5 Å². The van der Waals surface area contributed by atoms with Gasteiger partial charge in [-0.15, -0.1) is 0 Å². The standard InChI is InChI=1S/C14H18ClN5S/c1-3-6-21-14-19-12(15)11(16)13(20-14)18-8-10-5-4-9(2)17-7-10/h4-5,7H,3,6,8,16H2,1-2H3,(H,18,19,20). The van der Waals surface area contributed by atoms with E-state index in [9.17, 15) is 0 Å². The molecule has 2 aromatic heterocycles. The maximum Gasteiger partial charge on any atom is 0.191 e. The van der Waals surface area contributed by atoms with Crippen LogP contribution in [0.5, 0.6) is 0 Å². The maximum absolute atomic E-state index is 6.06. The predicted octanol–water partition coefficient (Wildman–Crippen LogP) is 3.53. The van der Waals surface area contributed by atoms with Crippen molar-refractivity contribution in [3.63, 3.8) is 0 Å². The molecule has 112 valence electrons. The van der Waals surface area contributed by atoms with E-state index in [1.807, 2.05) is 25.3 Å². The summed E-state index contributed by atoms with van der Waals surface area (Å²) in [6, 6.07) is 3.98. The van der Waals surface area contributed by atoms with Crippen molar-refractivity contribution in [1.82, 2.24) is 15.0 Å². The lowest BCUT2D eigenvalue weighted by Crippen LogP contribution is -2.07. The largest absolute Gasteiger partial charge is 0.393 e. The second-order valence-corrected chi connectivity index (χ2v) is 5.99. The number of nitrogens with one attached hydrogen (secondary N) is 1. The molecule has 0 atom stereocenters. The zero-order chi connectivity index (χ0) is 15.2. The normalized spacial score (nSPS) is 10.6. The fourth-order valence-corrected chi connectivity index (χ4v) is 2.52. The molecule has 0 aliphatic heterocycles. The first-order valence-electron chi connectivity index (χ1n) is 6.71. The van der Waals surface area contributed by atoms with Gasteiger partial charge in [-0.2, -0.15) is 0 Å². The smallest absolute Gasteiger partial charge is 0.191 e. The Morgan fingerprint density at radius 2 is 2.14 bits per heavy atom. The molecular weight excluding hydrogens is 306 g/mol. The molecular formula is C14H18ClN5S. The van der Waals surface area contributed by atoms with Gasteiger partial charge in [-0.3, -0.25) is 4.98 Å². The number of aromatic nitrogens is 3. The Bertz CT molecular complexity index is 603. The lowest BCUT2D eigenvalue weighted by atomic mass is 10.2. The molecule has 0 aliphatic carbocycles. The lowest BCUT2D eigenvalue weighted by molar-refractivity contribution is 0.951. The molecule has 2 aromatic rings. The van der Waals surface area contributed by atoms with Crippen LogP contribution < -0.4 is 11.1 Å². The molecule has 2 heterocycles. The van der Waals surface area contributed by atoms with E-state index in [1.165, 1.54) is 0 Å². The molecule has 0 bridgehead atoms. The lowest BCUT2D eigenvalue weighted by Gasteiger charge is -2.11. The Morgan fingerprint density at radius 3 is 2.81 bits per heavy atom. The maximum atomic E-state index is 6.06. The third-order valence-electron chi connectivity index (χ3n) is 2.75. The summed E-state index contributed by atoms with van der Waals surface area (Å²) >= 11 is 7.63. The molecule has 0 aromatic carbocycles. The number of aryl methyl sites for hydroxylation is 1. The van der Waals surface area contributed by atoms with Crippen LogP contribution in [0.2, 0.25) is 5.15 Å². The van der Waals surface area contributed by atoms with Gasteiger partial charge in [0.1, 0.15) is 5.69 Å². The molecule has 0 spiro atoms. The van der Waals surface area contributed by atoms with Crippen molar-refractivity contribution in [3.8, 4) is 0 Å². The second kappa shape index (κ2) is 7.47. The number of nitrogens with zero attached hydrogens (tertiary/aromatic N) is 3. The zero-order valence-corrected chi connectivity index (χ0v) is 13.6. The first kappa shape index (κ1) is 15.9. The number of thioether (sulfide) groups is 1. The third-order valence-corrected chi connectivity index (χ3v) is 4.09. The molecule has 5 nitrogen and oxygen atoms in total. The number of nitrogen functional groups attached to an aromatic ring is 1. The summed E-state index contributed by atoms with van der Waals surface area (Å²) in [6.07, 6.45) is 2.88. The van der Waals surface area contributed by atoms with E-state index in [1.54, 1.807) is 11.8 Å².